The quantitative estimate of drug-likeness (QED) is 0.669. The summed E-state index contributed by atoms with van der Waals surface area (Å²) in [6, 6.07) is 0. The summed E-state index contributed by atoms with van der Waals surface area (Å²) in [4.78, 5) is 11.4. The van der Waals surface area contributed by atoms with Crippen molar-refractivity contribution in [1.29, 1.82) is 0 Å². The average molecular weight is 201 g/mol. The molecule has 0 spiro atoms. The van der Waals surface area contributed by atoms with Gasteiger partial charge in [-0.2, -0.15) is 0 Å². The topological polar surface area (TPSA) is 61.5 Å². The minimum atomic E-state index is -0.288. The van der Waals surface area contributed by atoms with Gasteiger partial charge in [-0.25, -0.2) is 0 Å². The number of hydrogen-bond donors (Lipinski definition) is 1. The van der Waals surface area contributed by atoms with Crippen molar-refractivity contribution in [2.45, 2.75) is 44.2 Å². The van der Waals surface area contributed by atoms with Crippen LogP contribution in [0, 0.1) is 0 Å². The number of methoxy groups -OCH3 is 1. The lowest BCUT2D eigenvalue weighted by molar-refractivity contribution is -0.152. The molecule has 0 aromatic heterocycles. The molecule has 1 fully saturated rings. The van der Waals surface area contributed by atoms with E-state index in [1.807, 2.05) is 6.92 Å². The summed E-state index contributed by atoms with van der Waals surface area (Å²) in [5, 5.41) is 0. The van der Waals surface area contributed by atoms with Gasteiger partial charge in [0.1, 0.15) is 6.10 Å². The third-order valence-corrected chi connectivity index (χ3v) is 2.58. The van der Waals surface area contributed by atoms with Crippen molar-refractivity contribution >= 4 is 5.97 Å². The van der Waals surface area contributed by atoms with Gasteiger partial charge in [-0.15, -0.1) is 0 Å². The van der Waals surface area contributed by atoms with Crippen molar-refractivity contribution < 1.29 is 14.3 Å². The highest BCUT2D eigenvalue weighted by Crippen LogP contribution is 2.32. The molecule has 82 valence electrons. The number of esters is 1. The van der Waals surface area contributed by atoms with Gasteiger partial charge in [0.15, 0.2) is 0 Å². The summed E-state index contributed by atoms with van der Waals surface area (Å²) in [7, 11) is 1.58. The molecule has 0 aliphatic heterocycles. The van der Waals surface area contributed by atoms with Crippen molar-refractivity contribution in [3.63, 3.8) is 0 Å². The summed E-state index contributed by atoms with van der Waals surface area (Å²) in [5.74, 6) is -0.211. The summed E-state index contributed by atoms with van der Waals surface area (Å²) < 4.78 is 9.98. The van der Waals surface area contributed by atoms with E-state index in [-0.39, 0.29) is 17.6 Å². The van der Waals surface area contributed by atoms with Crippen LogP contribution in [0.5, 0.6) is 0 Å². The van der Waals surface area contributed by atoms with Crippen LogP contribution in [0.2, 0.25) is 0 Å². The van der Waals surface area contributed by atoms with E-state index in [4.69, 9.17) is 15.2 Å². The van der Waals surface area contributed by atoms with E-state index in [9.17, 15) is 4.79 Å². The second kappa shape index (κ2) is 4.75. The molecule has 1 atom stereocenters. The van der Waals surface area contributed by atoms with Crippen molar-refractivity contribution in [2.24, 2.45) is 5.73 Å². The molecular weight excluding hydrogens is 182 g/mol. The second-order valence-corrected chi connectivity index (χ2v) is 4.15. The Morgan fingerprint density at radius 1 is 1.57 bits per heavy atom. The Kier molecular flexibility index (Phi) is 3.89. The Morgan fingerprint density at radius 3 is 2.64 bits per heavy atom. The highest BCUT2D eigenvalue weighted by atomic mass is 16.6. The highest BCUT2D eigenvalue weighted by Gasteiger charge is 2.35. The standard InChI is InChI=1S/C10H19NO3/c1-8(7-13-2)14-9(12)6-10(11)4-3-5-10/h8H,3-7,11H2,1-2H3. The zero-order valence-electron chi connectivity index (χ0n) is 8.91. The summed E-state index contributed by atoms with van der Waals surface area (Å²) >= 11 is 0. The van der Waals surface area contributed by atoms with Crippen molar-refractivity contribution in [3.05, 3.63) is 0 Å². The van der Waals surface area contributed by atoms with E-state index in [0.717, 1.165) is 19.3 Å². The average Bonchev–Trinajstić information content (AvgIpc) is 2.01. The van der Waals surface area contributed by atoms with Gasteiger partial charge in [-0.05, 0) is 26.2 Å². The summed E-state index contributed by atoms with van der Waals surface area (Å²) in [6.45, 7) is 2.24. The fraction of sp³-hybridized carbons (Fsp3) is 0.900. The number of hydrogen-bond acceptors (Lipinski definition) is 4. The predicted octanol–water partition coefficient (Wildman–Crippen LogP) is 0.836. The van der Waals surface area contributed by atoms with E-state index < -0.39 is 0 Å². The largest absolute Gasteiger partial charge is 0.460 e. The first-order chi connectivity index (χ1) is 6.56. The van der Waals surface area contributed by atoms with Gasteiger partial charge in [0, 0.05) is 12.6 Å². The van der Waals surface area contributed by atoms with Crippen LogP contribution < -0.4 is 5.73 Å². The number of ether oxygens (including phenoxy) is 2. The molecule has 1 rings (SSSR count). The Balaban J connectivity index is 2.21. The second-order valence-electron chi connectivity index (χ2n) is 4.15. The van der Waals surface area contributed by atoms with Gasteiger partial charge >= 0.3 is 5.97 Å². The number of carbonyl (C=O) groups excluding carboxylic acids is 1. The number of rotatable bonds is 5. The molecule has 1 aliphatic carbocycles. The molecule has 0 aromatic carbocycles. The van der Waals surface area contributed by atoms with Gasteiger partial charge in [-0.3, -0.25) is 4.79 Å². The molecule has 4 heteroatoms. The fourth-order valence-corrected chi connectivity index (χ4v) is 1.63. The molecule has 0 aromatic rings. The zero-order valence-corrected chi connectivity index (χ0v) is 8.91. The third-order valence-electron chi connectivity index (χ3n) is 2.58. The van der Waals surface area contributed by atoms with E-state index in [2.05, 4.69) is 0 Å². The van der Waals surface area contributed by atoms with Crippen LogP contribution in [-0.4, -0.2) is 31.3 Å². The molecule has 0 saturated heterocycles. The van der Waals surface area contributed by atoms with Crippen LogP contribution in [0.15, 0.2) is 0 Å². The van der Waals surface area contributed by atoms with Crippen LogP contribution in [0.4, 0.5) is 0 Å². The van der Waals surface area contributed by atoms with Crippen LogP contribution in [-0.2, 0) is 14.3 Å². The lowest BCUT2D eigenvalue weighted by atomic mass is 9.75. The molecule has 1 aliphatic rings. The normalized spacial score (nSPS) is 21.1. The van der Waals surface area contributed by atoms with Crippen LogP contribution in [0.25, 0.3) is 0 Å². The highest BCUT2D eigenvalue weighted by molar-refractivity contribution is 5.71. The first kappa shape index (κ1) is 11.5. The molecule has 2 N–H and O–H groups in total. The molecule has 0 heterocycles. The number of nitrogens with two attached hydrogens (primary N) is 1. The first-order valence-corrected chi connectivity index (χ1v) is 5.03. The summed E-state index contributed by atoms with van der Waals surface area (Å²) in [5.41, 5.74) is 5.63. The lowest BCUT2D eigenvalue weighted by Gasteiger charge is -2.37. The van der Waals surface area contributed by atoms with E-state index in [1.54, 1.807) is 7.11 Å². The third kappa shape index (κ3) is 3.27. The van der Waals surface area contributed by atoms with Gasteiger partial charge < -0.3 is 15.2 Å². The van der Waals surface area contributed by atoms with Gasteiger partial charge in [0.2, 0.25) is 0 Å². The van der Waals surface area contributed by atoms with E-state index in [0.29, 0.717) is 13.0 Å². The van der Waals surface area contributed by atoms with Gasteiger partial charge in [-0.1, -0.05) is 0 Å². The molecule has 0 amide bonds. The first-order valence-electron chi connectivity index (χ1n) is 5.03. The van der Waals surface area contributed by atoms with Crippen LogP contribution in [0.1, 0.15) is 32.6 Å². The molecular formula is C10H19NO3. The minimum Gasteiger partial charge on any atom is -0.460 e. The SMILES string of the molecule is COCC(C)OC(=O)CC1(N)CCC1. The Bertz CT molecular complexity index is 202. The maximum Gasteiger partial charge on any atom is 0.307 e. The van der Waals surface area contributed by atoms with Crippen LogP contribution >= 0.6 is 0 Å². The monoisotopic (exact) mass is 201 g/mol. The zero-order chi connectivity index (χ0) is 10.6. The van der Waals surface area contributed by atoms with Crippen LogP contribution in [0.3, 0.4) is 0 Å². The van der Waals surface area contributed by atoms with E-state index >= 15 is 0 Å². The molecule has 1 unspecified atom stereocenters. The number of carbonyl (C=O) groups is 1. The van der Waals surface area contributed by atoms with Gasteiger partial charge in [0.05, 0.1) is 13.0 Å². The molecule has 0 radical (unpaired) electrons. The molecule has 0 bridgehead atoms. The molecule has 14 heavy (non-hydrogen) atoms. The predicted molar refractivity (Wildman–Crippen MR) is 52.8 cm³/mol. The van der Waals surface area contributed by atoms with Crippen molar-refractivity contribution in [1.82, 2.24) is 0 Å². The smallest absolute Gasteiger partial charge is 0.307 e. The maximum absolute atomic E-state index is 11.4. The minimum absolute atomic E-state index is 0.184. The fourth-order valence-electron chi connectivity index (χ4n) is 1.63. The maximum atomic E-state index is 11.4. The van der Waals surface area contributed by atoms with Crippen molar-refractivity contribution in [2.75, 3.05) is 13.7 Å². The Labute approximate surface area is 84.7 Å². The Morgan fingerprint density at radius 2 is 2.21 bits per heavy atom. The van der Waals surface area contributed by atoms with E-state index in [1.165, 1.54) is 0 Å². The lowest BCUT2D eigenvalue weighted by Crippen LogP contribution is -2.48. The Hall–Kier alpha value is -0.610. The molecule has 1 saturated carbocycles. The van der Waals surface area contributed by atoms with Gasteiger partial charge in [0.25, 0.3) is 0 Å². The van der Waals surface area contributed by atoms with Crippen molar-refractivity contribution in [3.8, 4) is 0 Å². The summed E-state index contributed by atoms with van der Waals surface area (Å²) in [6.07, 6.45) is 3.14. The molecule has 4 nitrogen and oxygen atoms in total.